The van der Waals surface area contributed by atoms with Gasteiger partial charge >= 0.3 is 6.09 Å². The fourth-order valence-corrected chi connectivity index (χ4v) is 1.12. The molecule has 0 atom stereocenters. The molecule has 0 saturated heterocycles. The highest BCUT2D eigenvalue weighted by atomic mass is 19.1. The molecule has 0 saturated carbocycles. The smallest absolute Gasteiger partial charge is 0.412 e. The SMILES string of the molecule is CC(C)OC(=O)Nc1ccc(F)cc1[N+](=O)[O-]. The van der Waals surface area contributed by atoms with Crippen molar-refractivity contribution in [3.63, 3.8) is 0 Å². The van der Waals surface area contributed by atoms with Gasteiger partial charge in [-0.3, -0.25) is 15.4 Å². The lowest BCUT2D eigenvalue weighted by Gasteiger charge is -2.09. The molecule has 0 aromatic heterocycles. The van der Waals surface area contributed by atoms with Gasteiger partial charge in [0.15, 0.2) is 0 Å². The van der Waals surface area contributed by atoms with Crippen molar-refractivity contribution in [3.8, 4) is 0 Å². The number of carbonyl (C=O) groups is 1. The number of ether oxygens (including phenoxy) is 1. The summed E-state index contributed by atoms with van der Waals surface area (Å²) < 4.78 is 17.6. The molecule has 1 aromatic carbocycles. The third-order valence-corrected chi connectivity index (χ3v) is 1.74. The fourth-order valence-electron chi connectivity index (χ4n) is 1.12. The molecule has 1 aromatic rings. The van der Waals surface area contributed by atoms with Crippen molar-refractivity contribution in [3.05, 3.63) is 34.1 Å². The van der Waals surface area contributed by atoms with E-state index in [0.717, 1.165) is 18.2 Å². The Hall–Kier alpha value is -2.18. The second-order valence-electron chi connectivity index (χ2n) is 3.50. The van der Waals surface area contributed by atoms with E-state index in [1.54, 1.807) is 13.8 Å². The minimum absolute atomic E-state index is 0.109. The highest BCUT2D eigenvalue weighted by molar-refractivity contribution is 5.87. The summed E-state index contributed by atoms with van der Waals surface area (Å²) in [6.07, 6.45) is -1.18. The maximum Gasteiger partial charge on any atom is 0.412 e. The van der Waals surface area contributed by atoms with Crippen molar-refractivity contribution in [2.75, 3.05) is 5.32 Å². The predicted molar refractivity (Wildman–Crippen MR) is 58.3 cm³/mol. The van der Waals surface area contributed by atoms with Crippen molar-refractivity contribution in [2.45, 2.75) is 20.0 Å². The standard InChI is InChI=1S/C10H11FN2O4/c1-6(2)17-10(14)12-8-4-3-7(11)5-9(8)13(15)16/h3-6H,1-2H3,(H,12,14). The fraction of sp³-hybridized carbons (Fsp3) is 0.300. The zero-order valence-corrected chi connectivity index (χ0v) is 9.27. The van der Waals surface area contributed by atoms with Gasteiger partial charge in [0.05, 0.1) is 17.1 Å². The average Bonchev–Trinajstić information content (AvgIpc) is 2.19. The number of nitro groups is 1. The summed E-state index contributed by atoms with van der Waals surface area (Å²) in [7, 11) is 0. The molecule has 0 bridgehead atoms. The number of nitrogens with zero attached hydrogens (tertiary/aromatic N) is 1. The van der Waals surface area contributed by atoms with Crippen molar-refractivity contribution < 1.29 is 18.8 Å². The molecule has 6 nitrogen and oxygen atoms in total. The number of benzene rings is 1. The summed E-state index contributed by atoms with van der Waals surface area (Å²) in [6, 6.07) is 2.85. The average molecular weight is 242 g/mol. The molecular formula is C10H11FN2O4. The first kappa shape index (κ1) is 12.9. The van der Waals surface area contributed by atoms with Crippen LogP contribution < -0.4 is 5.32 Å². The monoisotopic (exact) mass is 242 g/mol. The van der Waals surface area contributed by atoms with Crippen LogP contribution in [0.5, 0.6) is 0 Å². The van der Waals surface area contributed by atoms with Crippen LogP contribution >= 0.6 is 0 Å². The Bertz CT molecular complexity index is 448. The molecule has 7 heteroatoms. The molecule has 1 rings (SSSR count). The van der Waals surface area contributed by atoms with E-state index in [2.05, 4.69) is 5.32 Å². The Balaban J connectivity index is 2.91. The summed E-state index contributed by atoms with van der Waals surface area (Å²) in [4.78, 5) is 21.1. The van der Waals surface area contributed by atoms with E-state index in [-0.39, 0.29) is 11.8 Å². The van der Waals surface area contributed by atoms with Gasteiger partial charge in [0, 0.05) is 0 Å². The van der Waals surface area contributed by atoms with Crippen LogP contribution in [0.3, 0.4) is 0 Å². The van der Waals surface area contributed by atoms with Crippen LogP contribution in [-0.4, -0.2) is 17.1 Å². The Morgan fingerprint density at radius 3 is 2.71 bits per heavy atom. The Kier molecular flexibility index (Phi) is 3.97. The quantitative estimate of drug-likeness (QED) is 0.652. The number of amides is 1. The zero-order chi connectivity index (χ0) is 13.0. The number of nitrogens with one attached hydrogen (secondary N) is 1. The summed E-state index contributed by atoms with van der Waals surface area (Å²) in [5.41, 5.74) is -0.632. The lowest BCUT2D eigenvalue weighted by molar-refractivity contribution is -0.384. The zero-order valence-electron chi connectivity index (χ0n) is 9.27. The Labute approximate surface area is 96.5 Å². The third kappa shape index (κ3) is 3.71. The second-order valence-corrected chi connectivity index (χ2v) is 3.50. The van der Waals surface area contributed by atoms with Crippen molar-refractivity contribution in [2.24, 2.45) is 0 Å². The van der Waals surface area contributed by atoms with Crippen molar-refractivity contribution >= 4 is 17.5 Å². The van der Waals surface area contributed by atoms with Gasteiger partial charge in [-0.25, -0.2) is 9.18 Å². The number of nitro benzene ring substituents is 1. The molecule has 0 spiro atoms. The molecule has 1 N–H and O–H groups in total. The number of hydrogen-bond donors (Lipinski definition) is 1. The van der Waals surface area contributed by atoms with E-state index in [4.69, 9.17) is 4.74 Å². The molecule has 17 heavy (non-hydrogen) atoms. The van der Waals surface area contributed by atoms with Gasteiger partial charge in [-0.1, -0.05) is 0 Å². The molecule has 0 unspecified atom stereocenters. The van der Waals surface area contributed by atoms with Gasteiger partial charge in [-0.2, -0.15) is 0 Å². The molecule has 1 amide bonds. The largest absolute Gasteiger partial charge is 0.447 e. The van der Waals surface area contributed by atoms with E-state index in [1.165, 1.54) is 0 Å². The van der Waals surface area contributed by atoms with Gasteiger partial charge in [0.25, 0.3) is 5.69 Å². The van der Waals surface area contributed by atoms with Crippen LogP contribution in [0.1, 0.15) is 13.8 Å². The second kappa shape index (κ2) is 5.24. The Morgan fingerprint density at radius 1 is 1.53 bits per heavy atom. The maximum atomic E-state index is 12.8. The molecule has 0 radical (unpaired) electrons. The number of halogens is 1. The van der Waals surface area contributed by atoms with Crippen LogP contribution in [0.4, 0.5) is 20.6 Å². The highest BCUT2D eigenvalue weighted by Crippen LogP contribution is 2.25. The van der Waals surface area contributed by atoms with Crippen LogP contribution in [0, 0.1) is 15.9 Å². The third-order valence-electron chi connectivity index (χ3n) is 1.74. The summed E-state index contributed by atoms with van der Waals surface area (Å²) in [5, 5.41) is 12.8. The predicted octanol–water partition coefficient (Wildman–Crippen LogP) is 2.69. The molecule has 0 aliphatic carbocycles. The number of anilines is 1. The van der Waals surface area contributed by atoms with Gasteiger partial charge in [0.1, 0.15) is 11.5 Å². The molecule has 0 aliphatic heterocycles. The first-order chi connectivity index (χ1) is 7.90. The minimum atomic E-state index is -0.824. The van der Waals surface area contributed by atoms with Crippen molar-refractivity contribution in [1.29, 1.82) is 0 Å². The van der Waals surface area contributed by atoms with Crippen LogP contribution in [0.2, 0.25) is 0 Å². The highest BCUT2D eigenvalue weighted by Gasteiger charge is 2.17. The minimum Gasteiger partial charge on any atom is -0.447 e. The van der Waals surface area contributed by atoms with Gasteiger partial charge in [0.2, 0.25) is 0 Å². The first-order valence-electron chi connectivity index (χ1n) is 4.81. The normalized spacial score (nSPS) is 10.1. The van der Waals surface area contributed by atoms with Gasteiger partial charge in [-0.15, -0.1) is 0 Å². The van der Waals surface area contributed by atoms with Crippen LogP contribution in [-0.2, 0) is 4.74 Å². The van der Waals surface area contributed by atoms with Crippen LogP contribution in [0.25, 0.3) is 0 Å². The first-order valence-corrected chi connectivity index (χ1v) is 4.81. The van der Waals surface area contributed by atoms with E-state index < -0.39 is 22.5 Å². The van der Waals surface area contributed by atoms with E-state index in [0.29, 0.717) is 0 Å². The Morgan fingerprint density at radius 2 is 2.18 bits per heavy atom. The summed E-state index contributed by atoms with van der Waals surface area (Å²) >= 11 is 0. The molecule has 0 heterocycles. The van der Waals surface area contributed by atoms with E-state index >= 15 is 0 Å². The number of hydrogen-bond acceptors (Lipinski definition) is 4. The van der Waals surface area contributed by atoms with Gasteiger partial charge in [-0.05, 0) is 26.0 Å². The van der Waals surface area contributed by atoms with Crippen molar-refractivity contribution in [1.82, 2.24) is 0 Å². The molecular weight excluding hydrogens is 231 g/mol. The lowest BCUT2D eigenvalue weighted by atomic mass is 10.2. The number of rotatable bonds is 3. The summed E-state index contributed by atoms with van der Waals surface area (Å²) in [6.45, 7) is 3.28. The topological polar surface area (TPSA) is 81.5 Å². The lowest BCUT2D eigenvalue weighted by Crippen LogP contribution is -2.18. The van der Waals surface area contributed by atoms with Crippen LogP contribution in [0.15, 0.2) is 18.2 Å². The number of carbonyl (C=O) groups excluding carboxylic acids is 1. The maximum absolute atomic E-state index is 12.8. The molecule has 0 aliphatic rings. The van der Waals surface area contributed by atoms with E-state index in [1.807, 2.05) is 0 Å². The molecule has 92 valence electrons. The summed E-state index contributed by atoms with van der Waals surface area (Å²) in [5.74, 6) is -0.750. The van der Waals surface area contributed by atoms with E-state index in [9.17, 15) is 19.3 Å². The van der Waals surface area contributed by atoms with Gasteiger partial charge < -0.3 is 4.74 Å². The molecule has 0 fully saturated rings.